The summed E-state index contributed by atoms with van der Waals surface area (Å²) in [5.41, 5.74) is 6.11. The van der Waals surface area contributed by atoms with Crippen LogP contribution < -0.4 is 5.73 Å². The zero-order valence-electron chi connectivity index (χ0n) is 14.5. The Morgan fingerprint density at radius 3 is 1.69 bits per heavy atom. The fourth-order valence-electron chi connectivity index (χ4n) is 2.62. The Hall–Kier alpha value is -1.88. The van der Waals surface area contributed by atoms with E-state index in [1.54, 1.807) is 48.5 Å². The first-order valence-corrected chi connectivity index (χ1v) is 9.37. The maximum Gasteiger partial charge on any atom is 0.262 e. The van der Waals surface area contributed by atoms with Crippen LogP contribution in [0.25, 0.3) is 0 Å². The molecule has 2 aromatic rings. The van der Waals surface area contributed by atoms with E-state index in [4.69, 9.17) is 28.9 Å². The number of amides is 2. The Labute approximate surface area is 163 Å². The molecule has 0 aromatic heterocycles. The average molecular weight is 393 g/mol. The molecule has 0 saturated carbocycles. The molecule has 0 aliphatic heterocycles. The van der Waals surface area contributed by atoms with Crippen molar-refractivity contribution in [2.75, 3.05) is 13.1 Å². The van der Waals surface area contributed by atoms with Crippen molar-refractivity contribution in [3.8, 4) is 0 Å². The summed E-state index contributed by atoms with van der Waals surface area (Å²) < 4.78 is 0. The minimum absolute atomic E-state index is 0.302. The average Bonchev–Trinajstić information content (AvgIpc) is 2.64. The fraction of sp³-hybridized carbons (Fsp3) is 0.300. The summed E-state index contributed by atoms with van der Waals surface area (Å²) in [4.78, 5) is 27.2. The van der Waals surface area contributed by atoms with Crippen molar-refractivity contribution < 1.29 is 9.59 Å². The lowest BCUT2D eigenvalue weighted by molar-refractivity contribution is 0.0613. The first kappa shape index (κ1) is 20.4. The summed E-state index contributed by atoms with van der Waals surface area (Å²) in [6.45, 7) is 0.944. The molecule has 0 aliphatic rings. The molecule has 0 radical (unpaired) electrons. The van der Waals surface area contributed by atoms with Gasteiger partial charge in [0.2, 0.25) is 0 Å². The topological polar surface area (TPSA) is 63.4 Å². The van der Waals surface area contributed by atoms with Crippen LogP contribution in [0.5, 0.6) is 0 Å². The second kappa shape index (κ2) is 10.3. The molecule has 0 aliphatic carbocycles. The van der Waals surface area contributed by atoms with Crippen molar-refractivity contribution in [3.05, 3.63) is 69.7 Å². The monoisotopic (exact) mass is 392 g/mol. The van der Waals surface area contributed by atoms with Gasteiger partial charge >= 0.3 is 0 Å². The molecular weight excluding hydrogens is 371 g/mol. The lowest BCUT2D eigenvalue weighted by Gasteiger charge is -2.22. The zero-order valence-corrected chi connectivity index (χ0v) is 16.0. The predicted molar refractivity (Wildman–Crippen MR) is 106 cm³/mol. The highest BCUT2D eigenvalue weighted by atomic mass is 35.5. The van der Waals surface area contributed by atoms with E-state index in [9.17, 15) is 9.59 Å². The molecular formula is C20H22Cl2N2O2. The number of rotatable bonds is 8. The minimum Gasteiger partial charge on any atom is -0.330 e. The van der Waals surface area contributed by atoms with Gasteiger partial charge in [-0.15, -0.1) is 0 Å². The van der Waals surface area contributed by atoms with Gasteiger partial charge in [0, 0.05) is 6.54 Å². The maximum absolute atomic E-state index is 13.0. The number of carbonyl (C=O) groups excluding carboxylic acids is 2. The number of unbranched alkanes of at least 4 members (excludes halogenated alkanes) is 3. The Bertz CT molecular complexity index is 707. The first-order valence-electron chi connectivity index (χ1n) is 8.61. The number of nitrogens with two attached hydrogens (primary N) is 1. The third kappa shape index (κ3) is 5.31. The fourth-order valence-corrected chi connectivity index (χ4v) is 3.06. The number of hydrogen-bond acceptors (Lipinski definition) is 3. The van der Waals surface area contributed by atoms with Crippen molar-refractivity contribution in [2.24, 2.45) is 5.73 Å². The van der Waals surface area contributed by atoms with Crippen molar-refractivity contribution >= 4 is 35.0 Å². The van der Waals surface area contributed by atoms with E-state index in [0.717, 1.165) is 19.3 Å². The number of hydrogen-bond donors (Lipinski definition) is 1. The molecule has 0 bridgehead atoms. The summed E-state index contributed by atoms with van der Waals surface area (Å²) in [5, 5.41) is 0.634. The van der Waals surface area contributed by atoms with Gasteiger partial charge in [-0.1, -0.05) is 60.3 Å². The van der Waals surface area contributed by atoms with Crippen LogP contribution in [0, 0.1) is 0 Å². The summed E-state index contributed by atoms with van der Waals surface area (Å²) in [6, 6.07) is 13.4. The van der Waals surface area contributed by atoms with Gasteiger partial charge in [0.15, 0.2) is 0 Å². The third-order valence-corrected chi connectivity index (χ3v) is 4.69. The van der Waals surface area contributed by atoms with Crippen LogP contribution in [0.1, 0.15) is 46.4 Å². The Morgan fingerprint density at radius 1 is 0.769 bits per heavy atom. The minimum atomic E-state index is -0.417. The Kier molecular flexibility index (Phi) is 8.10. The SMILES string of the molecule is NCCCCCCN(C(=O)c1ccccc1Cl)C(=O)c1ccccc1Cl. The largest absolute Gasteiger partial charge is 0.330 e. The highest BCUT2D eigenvalue weighted by molar-refractivity contribution is 6.35. The first-order chi connectivity index (χ1) is 12.6. The van der Waals surface area contributed by atoms with Gasteiger partial charge in [-0.25, -0.2) is 0 Å². The molecule has 138 valence electrons. The van der Waals surface area contributed by atoms with Crippen molar-refractivity contribution in [2.45, 2.75) is 25.7 Å². The molecule has 0 atom stereocenters. The Morgan fingerprint density at radius 2 is 1.23 bits per heavy atom. The van der Waals surface area contributed by atoms with Crippen LogP contribution in [0.15, 0.2) is 48.5 Å². The van der Waals surface area contributed by atoms with Gasteiger partial charge in [0.25, 0.3) is 11.8 Å². The summed E-state index contributed by atoms with van der Waals surface area (Å²) in [5.74, 6) is -0.835. The summed E-state index contributed by atoms with van der Waals surface area (Å²) in [6.07, 6.45) is 3.48. The molecule has 6 heteroatoms. The molecule has 2 amide bonds. The van der Waals surface area contributed by atoms with E-state index in [0.29, 0.717) is 40.7 Å². The third-order valence-electron chi connectivity index (χ3n) is 4.03. The van der Waals surface area contributed by atoms with Gasteiger partial charge in [-0.2, -0.15) is 0 Å². The molecule has 0 spiro atoms. The molecule has 2 aromatic carbocycles. The van der Waals surface area contributed by atoms with E-state index in [1.165, 1.54) is 4.90 Å². The van der Waals surface area contributed by atoms with E-state index in [1.807, 2.05) is 0 Å². The number of carbonyl (C=O) groups is 2. The van der Waals surface area contributed by atoms with E-state index < -0.39 is 11.8 Å². The zero-order chi connectivity index (χ0) is 18.9. The van der Waals surface area contributed by atoms with Crippen LogP contribution in [0.2, 0.25) is 10.0 Å². The molecule has 2 N–H and O–H groups in total. The molecule has 26 heavy (non-hydrogen) atoms. The second-order valence-corrected chi connectivity index (χ2v) is 6.74. The Balaban J connectivity index is 2.24. The molecule has 4 nitrogen and oxygen atoms in total. The van der Waals surface area contributed by atoms with Gasteiger partial charge in [-0.05, 0) is 43.7 Å². The predicted octanol–water partition coefficient (Wildman–Crippen LogP) is 4.80. The lowest BCUT2D eigenvalue weighted by Crippen LogP contribution is -2.38. The van der Waals surface area contributed by atoms with Crippen molar-refractivity contribution in [1.82, 2.24) is 4.90 Å². The molecule has 0 unspecified atom stereocenters. The highest BCUT2D eigenvalue weighted by Gasteiger charge is 2.26. The lowest BCUT2D eigenvalue weighted by atomic mass is 10.1. The quantitative estimate of drug-likeness (QED) is 0.518. The van der Waals surface area contributed by atoms with Crippen molar-refractivity contribution in [3.63, 3.8) is 0 Å². The normalized spacial score (nSPS) is 10.6. The molecule has 0 fully saturated rings. The van der Waals surface area contributed by atoms with Gasteiger partial charge in [0.05, 0.1) is 21.2 Å². The van der Waals surface area contributed by atoms with Gasteiger partial charge < -0.3 is 5.73 Å². The maximum atomic E-state index is 13.0. The second-order valence-electron chi connectivity index (χ2n) is 5.92. The van der Waals surface area contributed by atoms with Crippen molar-refractivity contribution in [1.29, 1.82) is 0 Å². The van der Waals surface area contributed by atoms with Crippen LogP contribution in [0.4, 0.5) is 0 Å². The standard InChI is InChI=1S/C20H22Cl2N2O2/c21-17-11-5-3-9-15(17)19(25)24(14-8-2-1-7-13-23)20(26)16-10-4-6-12-18(16)22/h3-6,9-12H,1-2,7-8,13-14,23H2. The van der Waals surface area contributed by atoms with Gasteiger partial charge in [0.1, 0.15) is 0 Å². The van der Waals surface area contributed by atoms with Gasteiger partial charge in [-0.3, -0.25) is 14.5 Å². The van der Waals surface area contributed by atoms with E-state index >= 15 is 0 Å². The number of halogens is 2. The van der Waals surface area contributed by atoms with Crippen LogP contribution in [0.3, 0.4) is 0 Å². The van der Waals surface area contributed by atoms with Crippen LogP contribution in [-0.4, -0.2) is 29.8 Å². The summed E-state index contributed by atoms with van der Waals surface area (Å²) >= 11 is 12.3. The van der Waals surface area contributed by atoms with Crippen LogP contribution in [-0.2, 0) is 0 Å². The summed E-state index contributed by atoms with van der Waals surface area (Å²) in [7, 11) is 0. The molecule has 0 saturated heterocycles. The van der Waals surface area contributed by atoms with E-state index in [2.05, 4.69) is 0 Å². The molecule has 2 rings (SSSR count). The number of benzene rings is 2. The van der Waals surface area contributed by atoms with E-state index in [-0.39, 0.29) is 0 Å². The number of imide groups is 1. The number of nitrogens with zero attached hydrogens (tertiary/aromatic N) is 1. The molecule has 0 heterocycles. The van der Waals surface area contributed by atoms with Crippen LogP contribution >= 0.6 is 23.2 Å². The highest BCUT2D eigenvalue weighted by Crippen LogP contribution is 2.22. The smallest absolute Gasteiger partial charge is 0.262 e.